The minimum atomic E-state index is -0.550. The maximum absolute atomic E-state index is 12.4. The average molecular weight is 359 g/mol. The van der Waals surface area contributed by atoms with E-state index in [1.54, 1.807) is 13.0 Å². The number of rotatable bonds is 5. The Labute approximate surface area is 149 Å². The first-order chi connectivity index (χ1) is 12.5. The standard InChI is InChI=1S/C17H21N5O4/c1-3-4-12-8-14(23)20-17(18-12)22-13(7-10(2)21-22)19-16(25)11-5-6-15(24)26-9-11/h5-7,9,12,17-18H,3-4,8H2,1-2H3,(H,19,25)(H,20,23). The molecule has 138 valence electrons. The van der Waals surface area contributed by atoms with E-state index >= 15 is 0 Å². The van der Waals surface area contributed by atoms with Crippen LogP contribution in [0.1, 0.15) is 48.5 Å². The number of hydrogen-bond acceptors (Lipinski definition) is 6. The van der Waals surface area contributed by atoms with Crippen LogP contribution < -0.4 is 21.6 Å². The van der Waals surface area contributed by atoms with Crippen LogP contribution in [0.4, 0.5) is 5.82 Å². The normalized spacial score (nSPS) is 19.8. The molecule has 0 radical (unpaired) electrons. The molecule has 2 aromatic rings. The molecule has 2 amide bonds. The summed E-state index contributed by atoms with van der Waals surface area (Å²) in [6.45, 7) is 3.85. The molecule has 2 atom stereocenters. The number of carbonyl (C=O) groups excluding carboxylic acids is 2. The van der Waals surface area contributed by atoms with Crippen LogP contribution in [0.5, 0.6) is 0 Å². The molecule has 3 rings (SSSR count). The van der Waals surface area contributed by atoms with Crippen molar-refractivity contribution in [2.45, 2.75) is 45.4 Å². The van der Waals surface area contributed by atoms with E-state index < -0.39 is 17.8 Å². The fraction of sp³-hybridized carbons (Fsp3) is 0.412. The third kappa shape index (κ3) is 3.99. The number of aryl methyl sites for hydroxylation is 1. The van der Waals surface area contributed by atoms with Crippen molar-refractivity contribution in [3.63, 3.8) is 0 Å². The molecule has 3 heterocycles. The Morgan fingerprint density at radius 2 is 2.23 bits per heavy atom. The van der Waals surface area contributed by atoms with Crippen LogP contribution in [-0.2, 0) is 4.79 Å². The van der Waals surface area contributed by atoms with Gasteiger partial charge in [0.15, 0.2) is 6.29 Å². The van der Waals surface area contributed by atoms with Crippen molar-refractivity contribution in [2.24, 2.45) is 0 Å². The van der Waals surface area contributed by atoms with Crippen molar-refractivity contribution in [1.29, 1.82) is 0 Å². The SMILES string of the molecule is CCCC1CC(=O)NC(n2nc(C)cc2NC(=O)c2ccc(=O)oc2)N1. The highest BCUT2D eigenvalue weighted by Gasteiger charge is 2.28. The van der Waals surface area contributed by atoms with E-state index in [4.69, 9.17) is 4.42 Å². The molecule has 1 aliphatic heterocycles. The summed E-state index contributed by atoms with van der Waals surface area (Å²) in [5.41, 5.74) is 0.367. The maximum atomic E-state index is 12.4. The third-order valence-corrected chi connectivity index (χ3v) is 4.07. The van der Waals surface area contributed by atoms with E-state index in [-0.39, 0.29) is 17.5 Å². The van der Waals surface area contributed by atoms with Crippen LogP contribution in [0.3, 0.4) is 0 Å². The van der Waals surface area contributed by atoms with E-state index in [1.807, 2.05) is 0 Å². The highest BCUT2D eigenvalue weighted by molar-refractivity contribution is 6.03. The van der Waals surface area contributed by atoms with Crippen LogP contribution in [-0.4, -0.2) is 27.6 Å². The molecule has 0 aromatic carbocycles. The first kappa shape index (κ1) is 17.9. The van der Waals surface area contributed by atoms with Gasteiger partial charge in [-0.3, -0.25) is 14.9 Å². The van der Waals surface area contributed by atoms with Crippen molar-refractivity contribution in [3.8, 4) is 0 Å². The molecule has 26 heavy (non-hydrogen) atoms. The molecular weight excluding hydrogens is 338 g/mol. The summed E-state index contributed by atoms with van der Waals surface area (Å²) in [5, 5.41) is 13.3. The predicted molar refractivity (Wildman–Crippen MR) is 93.5 cm³/mol. The van der Waals surface area contributed by atoms with Gasteiger partial charge in [-0.15, -0.1) is 0 Å². The monoisotopic (exact) mass is 359 g/mol. The Morgan fingerprint density at radius 3 is 2.92 bits per heavy atom. The third-order valence-electron chi connectivity index (χ3n) is 4.07. The van der Waals surface area contributed by atoms with Crippen molar-refractivity contribution in [1.82, 2.24) is 20.4 Å². The summed E-state index contributed by atoms with van der Waals surface area (Å²) in [7, 11) is 0. The Bertz CT molecular complexity index is 852. The highest BCUT2D eigenvalue weighted by atomic mass is 16.4. The van der Waals surface area contributed by atoms with Gasteiger partial charge >= 0.3 is 5.63 Å². The molecule has 0 saturated carbocycles. The van der Waals surface area contributed by atoms with Crippen LogP contribution >= 0.6 is 0 Å². The van der Waals surface area contributed by atoms with Crippen molar-refractivity contribution < 1.29 is 14.0 Å². The van der Waals surface area contributed by atoms with Gasteiger partial charge in [-0.25, -0.2) is 9.48 Å². The number of amides is 2. The summed E-state index contributed by atoms with van der Waals surface area (Å²) >= 11 is 0. The Balaban J connectivity index is 1.81. The van der Waals surface area contributed by atoms with E-state index in [0.717, 1.165) is 19.1 Å². The van der Waals surface area contributed by atoms with Gasteiger partial charge in [0.05, 0.1) is 11.3 Å². The first-order valence-corrected chi connectivity index (χ1v) is 8.48. The van der Waals surface area contributed by atoms with Crippen LogP contribution in [0.2, 0.25) is 0 Å². The second kappa shape index (κ2) is 7.52. The van der Waals surface area contributed by atoms with Gasteiger partial charge in [0.1, 0.15) is 12.1 Å². The highest BCUT2D eigenvalue weighted by Crippen LogP contribution is 2.19. The fourth-order valence-corrected chi connectivity index (χ4v) is 2.91. The minimum Gasteiger partial charge on any atom is -0.430 e. The fourth-order valence-electron chi connectivity index (χ4n) is 2.91. The van der Waals surface area contributed by atoms with E-state index in [0.29, 0.717) is 17.9 Å². The van der Waals surface area contributed by atoms with Gasteiger partial charge in [0.2, 0.25) is 5.91 Å². The summed E-state index contributed by atoms with van der Waals surface area (Å²) in [6, 6.07) is 4.31. The molecule has 1 aliphatic rings. The summed E-state index contributed by atoms with van der Waals surface area (Å²) in [4.78, 5) is 35.4. The molecule has 9 heteroatoms. The van der Waals surface area contributed by atoms with Gasteiger partial charge in [-0.05, 0) is 19.4 Å². The van der Waals surface area contributed by atoms with Gasteiger partial charge < -0.3 is 15.1 Å². The Hall–Kier alpha value is -2.94. The second-order valence-corrected chi connectivity index (χ2v) is 6.24. The lowest BCUT2D eigenvalue weighted by Gasteiger charge is -2.32. The smallest absolute Gasteiger partial charge is 0.335 e. The topological polar surface area (TPSA) is 118 Å². The lowest BCUT2D eigenvalue weighted by atomic mass is 10.1. The number of anilines is 1. The number of nitrogens with one attached hydrogen (secondary N) is 3. The number of aromatic nitrogens is 2. The molecule has 0 spiro atoms. The van der Waals surface area contributed by atoms with Gasteiger partial charge in [0.25, 0.3) is 5.91 Å². The zero-order valence-electron chi connectivity index (χ0n) is 14.6. The molecule has 1 saturated heterocycles. The quantitative estimate of drug-likeness (QED) is 0.736. The molecule has 3 N–H and O–H groups in total. The number of hydrogen-bond donors (Lipinski definition) is 3. The van der Waals surface area contributed by atoms with E-state index in [2.05, 4.69) is 28.0 Å². The lowest BCUT2D eigenvalue weighted by Crippen LogP contribution is -2.53. The van der Waals surface area contributed by atoms with Crippen molar-refractivity contribution in [2.75, 3.05) is 5.32 Å². The molecule has 9 nitrogen and oxygen atoms in total. The van der Waals surface area contributed by atoms with Crippen molar-refractivity contribution >= 4 is 17.6 Å². The average Bonchev–Trinajstić information content (AvgIpc) is 2.95. The Kier molecular flexibility index (Phi) is 5.17. The lowest BCUT2D eigenvalue weighted by molar-refractivity contribution is -0.125. The summed E-state index contributed by atoms with van der Waals surface area (Å²) in [5.74, 6) is -0.0849. The largest absolute Gasteiger partial charge is 0.430 e. The molecule has 0 bridgehead atoms. The van der Waals surface area contributed by atoms with Crippen LogP contribution in [0, 0.1) is 6.92 Å². The van der Waals surface area contributed by atoms with E-state index in [1.165, 1.54) is 16.8 Å². The zero-order valence-corrected chi connectivity index (χ0v) is 14.6. The predicted octanol–water partition coefficient (Wildman–Crippen LogP) is 1.13. The first-order valence-electron chi connectivity index (χ1n) is 8.48. The number of carbonyl (C=O) groups is 2. The molecule has 1 fully saturated rings. The minimum absolute atomic E-state index is 0.0511. The molecule has 0 aliphatic carbocycles. The molecule has 2 aromatic heterocycles. The van der Waals surface area contributed by atoms with Gasteiger partial charge in [-0.2, -0.15) is 5.10 Å². The summed E-state index contributed by atoms with van der Waals surface area (Å²) < 4.78 is 6.25. The molecular formula is C17H21N5O4. The maximum Gasteiger partial charge on any atom is 0.335 e. The van der Waals surface area contributed by atoms with E-state index in [9.17, 15) is 14.4 Å². The number of nitrogens with zero attached hydrogens (tertiary/aromatic N) is 2. The van der Waals surface area contributed by atoms with Gasteiger partial charge in [-0.1, -0.05) is 13.3 Å². The van der Waals surface area contributed by atoms with Crippen LogP contribution in [0.15, 0.2) is 33.7 Å². The zero-order chi connectivity index (χ0) is 18.7. The molecule has 2 unspecified atom stereocenters. The van der Waals surface area contributed by atoms with Crippen molar-refractivity contribution in [3.05, 3.63) is 46.1 Å². The van der Waals surface area contributed by atoms with Gasteiger partial charge in [0, 0.05) is 24.6 Å². The second-order valence-electron chi connectivity index (χ2n) is 6.24. The Morgan fingerprint density at radius 1 is 1.42 bits per heavy atom. The summed E-state index contributed by atoms with van der Waals surface area (Å²) in [6.07, 6.45) is 2.79. The van der Waals surface area contributed by atoms with Crippen LogP contribution in [0.25, 0.3) is 0 Å².